The van der Waals surface area contributed by atoms with Gasteiger partial charge in [0.15, 0.2) is 0 Å². The van der Waals surface area contributed by atoms with Crippen LogP contribution in [0.25, 0.3) is 0 Å². The van der Waals surface area contributed by atoms with Gasteiger partial charge in [-0.2, -0.15) is 0 Å². The second kappa shape index (κ2) is 7.59. The number of rotatable bonds is 4. The Morgan fingerprint density at radius 2 is 2.06 bits per heavy atom. The molecule has 1 aromatic carbocycles. The fourth-order valence-electron chi connectivity index (χ4n) is 2.17. The third kappa shape index (κ3) is 4.14. The van der Waals surface area contributed by atoms with Gasteiger partial charge in [-0.15, -0.1) is 12.4 Å². The number of aliphatic hydroxyl groups excluding tert-OH is 1. The van der Waals surface area contributed by atoms with Crippen molar-refractivity contribution in [2.24, 2.45) is 5.73 Å². The summed E-state index contributed by atoms with van der Waals surface area (Å²) in [5, 5.41) is 12.3. The van der Waals surface area contributed by atoms with E-state index in [4.69, 9.17) is 10.8 Å². The highest BCUT2D eigenvalue weighted by molar-refractivity contribution is 5.85. The number of nitrogens with one attached hydrogen (secondary N) is 1. The summed E-state index contributed by atoms with van der Waals surface area (Å²) in [6.45, 7) is 4.23. The lowest BCUT2D eigenvalue weighted by atomic mass is 10.1. The maximum absolute atomic E-state index is 8.97. The topological polar surface area (TPSA) is 61.5 Å². The van der Waals surface area contributed by atoms with Crippen LogP contribution in [-0.2, 0) is 6.42 Å². The smallest absolute Gasteiger partial charge is 0.0585 e. The lowest BCUT2D eigenvalue weighted by Gasteiger charge is -2.29. The molecule has 0 saturated carbocycles. The molecule has 1 fully saturated rings. The average molecular weight is 272 g/mol. The molecule has 18 heavy (non-hydrogen) atoms. The predicted molar refractivity (Wildman–Crippen MR) is 77.5 cm³/mol. The van der Waals surface area contributed by atoms with Crippen LogP contribution in [0, 0.1) is 0 Å². The van der Waals surface area contributed by atoms with Gasteiger partial charge in [-0.05, 0) is 24.1 Å². The fourth-order valence-corrected chi connectivity index (χ4v) is 2.17. The van der Waals surface area contributed by atoms with Crippen LogP contribution in [0.3, 0.4) is 0 Å². The lowest BCUT2D eigenvalue weighted by molar-refractivity contribution is 0.265. The van der Waals surface area contributed by atoms with Crippen molar-refractivity contribution in [2.75, 3.05) is 37.7 Å². The minimum atomic E-state index is -0.159. The third-order valence-electron chi connectivity index (χ3n) is 3.13. The average Bonchev–Trinajstić information content (AvgIpc) is 2.40. The van der Waals surface area contributed by atoms with Gasteiger partial charge in [-0.3, -0.25) is 0 Å². The summed E-state index contributed by atoms with van der Waals surface area (Å²) >= 11 is 0. The lowest BCUT2D eigenvalue weighted by Crippen LogP contribution is -2.43. The summed E-state index contributed by atoms with van der Waals surface area (Å²) in [6, 6.07) is 8.30. The maximum atomic E-state index is 8.97. The van der Waals surface area contributed by atoms with Crippen LogP contribution in [0.15, 0.2) is 24.3 Å². The Bertz CT molecular complexity index is 356. The van der Waals surface area contributed by atoms with E-state index in [0.29, 0.717) is 0 Å². The first-order valence-corrected chi connectivity index (χ1v) is 6.20. The number of nitrogens with zero attached hydrogens (tertiary/aromatic N) is 1. The van der Waals surface area contributed by atoms with Gasteiger partial charge in [0.25, 0.3) is 0 Å². The van der Waals surface area contributed by atoms with Crippen molar-refractivity contribution in [3.63, 3.8) is 0 Å². The van der Waals surface area contributed by atoms with Gasteiger partial charge in [0.05, 0.1) is 6.61 Å². The Morgan fingerprint density at radius 3 is 2.72 bits per heavy atom. The van der Waals surface area contributed by atoms with Crippen molar-refractivity contribution in [3.05, 3.63) is 29.8 Å². The number of hydrogen-bond acceptors (Lipinski definition) is 4. The van der Waals surface area contributed by atoms with Crippen LogP contribution < -0.4 is 16.0 Å². The number of benzene rings is 1. The normalized spacial score (nSPS) is 17.1. The summed E-state index contributed by atoms with van der Waals surface area (Å²) < 4.78 is 0. The molecule has 4 nitrogen and oxygen atoms in total. The van der Waals surface area contributed by atoms with Gasteiger partial charge >= 0.3 is 0 Å². The second-order valence-corrected chi connectivity index (χ2v) is 4.55. The Hall–Kier alpha value is -0.810. The first-order chi connectivity index (χ1) is 8.29. The maximum Gasteiger partial charge on any atom is 0.0585 e. The van der Waals surface area contributed by atoms with Crippen molar-refractivity contribution in [2.45, 2.75) is 12.5 Å². The van der Waals surface area contributed by atoms with Crippen LogP contribution in [-0.4, -0.2) is 43.9 Å². The van der Waals surface area contributed by atoms with E-state index < -0.39 is 0 Å². The highest BCUT2D eigenvalue weighted by Gasteiger charge is 2.11. The Labute approximate surface area is 115 Å². The molecule has 0 aromatic heterocycles. The highest BCUT2D eigenvalue weighted by Crippen LogP contribution is 2.17. The number of nitrogens with two attached hydrogens (primary N) is 1. The second-order valence-electron chi connectivity index (χ2n) is 4.55. The molecule has 0 spiro atoms. The molecule has 1 unspecified atom stereocenters. The van der Waals surface area contributed by atoms with E-state index >= 15 is 0 Å². The number of anilines is 1. The highest BCUT2D eigenvalue weighted by atomic mass is 35.5. The minimum Gasteiger partial charge on any atom is -0.395 e. The molecule has 1 aliphatic rings. The van der Waals surface area contributed by atoms with Crippen molar-refractivity contribution < 1.29 is 5.11 Å². The molecule has 2 rings (SSSR count). The van der Waals surface area contributed by atoms with E-state index in [0.717, 1.165) is 32.6 Å². The summed E-state index contributed by atoms with van der Waals surface area (Å²) in [5.41, 5.74) is 8.22. The zero-order chi connectivity index (χ0) is 12.1. The molecule has 0 aliphatic carbocycles. The molecule has 0 amide bonds. The molecule has 5 heteroatoms. The molecule has 0 bridgehead atoms. The van der Waals surface area contributed by atoms with Crippen LogP contribution in [0.1, 0.15) is 5.56 Å². The number of hydrogen-bond donors (Lipinski definition) is 3. The van der Waals surface area contributed by atoms with E-state index in [-0.39, 0.29) is 25.1 Å². The van der Waals surface area contributed by atoms with E-state index in [2.05, 4.69) is 34.5 Å². The molecule has 102 valence electrons. The molecule has 1 aromatic rings. The van der Waals surface area contributed by atoms with Crippen LogP contribution in [0.4, 0.5) is 5.69 Å². The predicted octanol–water partition coefficient (Wildman–Crippen LogP) is 0.380. The molecule has 1 aliphatic heterocycles. The van der Waals surface area contributed by atoms with Gasteiger partial charge in [0.2, 0.25) is 0 Å². The van der Waals surface area contributed by atoms with Gasteiger partial charge in [-0.1, -0.05) is 12.1 Å². The minimum absolute atomic E-state index is 0. The third-order valence-corrected chi connectivity index (χ3v) is 3.13. The quantitative estimate of drug-likeness (QED) is 0.741. The van der Waals surface area contributed by atoms with E-state index in [1.165, 1.54) is 11.3 Å². The van der Waals surface area contributed by atoms with Crippen LogP contribution >= 0.6 is 12.4 Å². The van der Waals surface area contributed by atoms with Crippen LogP contribution in [0.2, 0.25) is 0 Å². The first kappa shape index (κ1) is 15.2. The summed E-state index contributed by atoms with van der Waals surface area (Å²) in [6.07, 6.45) is 0.733. The molecule has 1 heterocycles. The zero-order valence-electron chi connectivity index (χ0n) is 10.5. The van der Waals surface area contributed by atoms with Crippen molar-refractivity contribution in [3.8, 4) is 0 Å². The van der Waals surface area contributed by atoms with E-state index in [1.54, 1.807) is 0 Å². The SMILES string of the molecule is Cl.NC(CO)Cc1cccc(N2CCNCC2)c1. The summed E-state index contributed by atoms with van der Waals surface area (Å²) in [5.74, 6) is 0. The molecule has 1 saturated heterocycles. The van der Waals surface area contributed by atoms with Gasteiger partial charge < -0.3 is 21.1 Å². The van der Waals surface area contributed by atoms with Gasteiger partial charge in [0, 0.05) is 37.9 Å². The summed E-state index contributed by atoms with van der Waals surface area (Å²) in [7, 11) is 0. The van der Waals surface area contributed by atoms with E-state index in [1.807, 2.05) is 0 Å². The molecular weight excluding hydrogens is 250 g/mol. The number of halogens is 1. The van der Waals surface area contributed by atoms with Crippen molar-refractivity contribution >= 4 is 18.1 Å². The fraction of sp³-hybridized carbons (Fsp3) is 0.538. The summed E-state index contributed by atoms with van der Waals surface area (Å²) in [4.78, 5) is 2.38. The molecule has 4 N–H and O–H groups in total. The standard InChI is InChI=1S/C13H21N3O.ClH/c14-12(10-17)8-11-2-1-3-13(9-11)16-6-4-15-5-7-16;/h1-3,9,12,15,17H,4-8,10,14H2;1H. The largest absolute Gasteiger partial charge is 0.395 e. The van der Waals surface area contributed by atoms with Crippen LogP contribution in [0.5, 0.6) is 0 Å². The van der Waals surface area contributed by atoms with E-state index in [9.17, 15) is 0 Å². The molecular formula is C13H22ClN3O. The van der Waals surface area contributed by atoms with Crippen molar-refractivity contribution in [1.82, 2.24) is 5.32 Å². The van der Waals surface area contributed by atoms with Gasteiger partial charge in [-0.25, -0.2) is 0 Å². The molecule has 0 radical (unpaired) electrons. The number of aliphatic hydroxyl groups is 1. The monoisotopic (exact) mass is 271 g/mol. The number of piperazine rings is 1. The van der Waals surface area contributed by atoms with Gasteiger partial charge in [0.1, 0.15) is 0 Å². The van der Waals surface area contributed by atoms with Crippen molar-refractivity contribution in [1.29, 1.82) is 0 Å². The Kier molecular flexibility index (Phi) is 6.43. The zero-order valence-corrected chi connectivity index (χ0v) is 11.3. The Morgan fingerprint density at radius 1 is 1.33 bits per heavy atom. The molecule has 1 atom stereocenters. The Balaban J connectivity index is 0.00000162. The first-order valence-electron chi connectivity index (χ1n) is 6.20.